The van der Waals surface area contributed by atoms with Gasteiger partial charge in [-0.05, 0) is 31.9 Å². The van der Waals surface area contributed by atoms with Crippen LogP contribution in [0.5, 0.6) is 0 Å². The second kappa shape index (κ2) is 11.5. The predicted molar refractivity (Wildman–Crippen MR) is 119 cm³/mol. The van der Waals surface area contributed by atoms with Crippen molar-refractivity contribution in [3.8, 4) is 0 Å². The Labute approximate surface area is 179 Å². The fourth-order valence-electron chi connectivity index (χ4n) is 3.14. The highest BCUT2D eigenvalue weighted by Crippen LogP contribution is 2.26. The van der Waals surface area contributed by atoms with Crippen LogP contribution < -0.4 is 5.32 Å². The molecule has 1 aliphatic rings. The van der Waals surface area contributed by atoms with E-state index >= 15 is 0 Å². The van der Waals surface area contributed by atoms with Crippen LogP contribution in [0.1, 0.15) is 36.6 Å². The lowest BCUT2D eigenvalue weighted by molar-refractivity contribution is -0.144. The largest absolute Gasteiger partial charge is 0.469 e. The lowest BCUT2D eigenvalue weighted by Gasteiger charge is -2.36. The number of hydrogen-bond acceptors (Lipinski definition) is 4. The van der Waals surface area contributed by atoms with Crippen LogP contribution >= 0.6 is 24.0 Å². The van der Waals surface area contributed by atoms with Crippen molar-refractivity contribution < 1.29 is 14.3 Å². The standard InChI is InChI=1S/C20H31N3O3.HI/c1-6-21-20(22-12-16(4)19(24)25-5)23-9-10-26-18(13-23)17-8-7-14(2)11-15(17)3;/h7-8,11,16,18H,6,9-10,12-13H2,1-5H3,(H,21,22);1H. The molecule has 6 nitrogen and oxygen atoms in total. The monoisotopic (exact) mass is 489 g/mol. The molecule has 152 valence electrons. The number of morpholine rings is 1. The normalized spacial score (nSPS) is 18.5. The summed E-state index contributed by atoms with van der Waals surface area (Å²) in [4.78, 5) is 18.5. The van der Waals surface area contributed by atoms with Gasteiger partial charge < -0.3 is 19.7 Å². The zero-order valence-corrected chi connectivity index (χ0v) is 19.3. The van der Waals surface area contributed by atoms with Gasteiger partial charge in [0.05, 0.1) is 32.7 Å². The Morgan fingerprint density at radius 2 is 2.19 bits per heavy atom. The highest BCUT2D eigenvalue weighted by Gasteiger charge is 2.25. The molecule has 0 spiro atoms. The quantitative estimate of drug-likeness (QED) is 0.298. The van der Waals surface area contributed by atoms with Gasteiger partial charge in [0.1, 0.15) is 6.10 Å². The van der Waals surface area contributed by atoms with Crippen molar-refractivity contribution in [1.82, 2.24) is 10.2 Å². The highest BCUT2D eigenvalue weighted by molar-refractivity contribution is 14.0. The molecule has 1 heterocycles. The van der Waals surface area contributed by atoms with Crippen molar-refractivity contribution in [3.63, 3.8) is 0 Å². The van der Waals surface area contributed by atoms with Crippen LogP contribution in [0.2, 0.25) is 0 Å². The first-order valence-corrected chi connectivity index (χ1v) is 9.26. The van der Waals surface area contributed by atoms with Crippen molar-refractivity contribution in [2.24, 2.45) is 10.9 Å². The molecule has 0 bridgehead atoms. The number of benzene rings is 1. The third kappa shape index (κ3) is 6.64. The summed E-state index contributed by atoms with van der Waals surface area (Å²) in [6.45, 7) is 11.4. The molecule has 27 heavy (non-hydrogen) atoms. The minimum absolute atomic E-state index is 0. The number of hydrogen-bond donors (Lipinski definition) is 1. The molecule has 1 fully saturated rings. The van der Waals surface area contributed by atoms with E-state index in [0.717, 1.165) is 25.6 Å². The maximum Gasteiger partial charge on any atom is 0.310 e. The number of ether oxygens (including phenoxy) is 2. The molecule has 7 heteroatoms. The Morgan fingerprint density at radius 3 is 2.81 bits per heavy atom. The topological polar surface area (TPSA) is 63.2 Å². The first kappa shape index (κ1) is 23.7. The molecular formula is C20H32IN3O3. The van der Waals surface area contributed by atoms with Crippen LogP contribution in [-0.2, 0) is 14.3 Å². The van der Waals surface area contributed by atoms with Gasteiger partial charge in [-0.15, -0.1) is 24.0 Å². The first-order valence-electron chi connectivity index (χ1n) is 9.26. The van der Waals surface area contributed by atoms with Gasteiger partial charge in [0.15, 0.2) is 5.96 Å². The van der Waals surface area contributed by atoms with Crippen molar-refractivity contribution in [1.29, 1.82) is 0 Å². The van der Waals surface area contributed by atoms with E-state index in [4.69, 9.17) is 9.47 Å². The van der Waals surface area contributed by atoms with Crippen molar-refractivity contribution >= 4 is 35.9 Å². The maximum atomic E-state index is 11.6. The third-order valence-electron chi connectivity index (χ3n) is 4.59. The summed E-state index contributed by atoms with van der Waals surface area (Å²) in [5.41, 5.74) is 3.72. The molecule has 1 aliphatic heterocycles. The molecule has 2 rings (SSSR count). The minimum Gasteiger partial charge on any atom is -0.469 e. The molecule has 0 amide bonds. The Morgan fingerprint density at radius 1 is 1.44 bits per heavy atom. The van der Waals surface area contributed by atoms with Gasteiger partial charge in [-0.1, -0.05) is 30.7 Å². The molecule has 0 radical (unpaired) electrons. The van der Waals surface area contributed by atoms with Gasteiger partial charge in [-0.2, -0.15) is 0 Å². The predicted octanol–water partition coefficient (Wildman–Crippen LogP) is 3.07. The molecule has 1 N–H and O–H groups in total. The van der Waals surface area contributed by atoms with Crippen molar-refractivity contribution in [2.75, 3.05) is 39.9 Å². The average Bonchev–Trinajstić information content (AvgIpc) is 2.64. The zero-order valence-electron chi connectivity index (χ0n) is 16.9. The number of halogens is 1. The van der Waals surface area contributed by atoms with Gasteiger partial charge in [-0.25, -0.2) is 0 Å². The number of carbonyl (C=O) groups is 1. The minimum atomic E-state index is -0.259. The van der Waals surface area contributed by atoms with Crippen molar-refractivity contribution in [2.45, 2.75) is 33.8 Å². The number of aryl methyl sites for hydroxylation is 2. The molecular weight excluding hydrogens is 457 g/mol. The molecule has 0 aliphatic carbocycles. The van der Waals surface area contributed by atoms with Crippen LogP contribution in [0.4, 0.5) is 0 Å². The van der Waals surface area contributed by atoms with Gasteiger partial charge in [0.2, 0.25) is 0 Å². The highest BCUT2D eigenvalue weighted by atomic mass is 127. The van der Waals surface area contributed by atoms with Crippen LogP contribution in [0, 0.1) is 19.8 Å². The fraction of sp³-hybridized carbons (Fsp3) is 0.600. The molecule has 1 saturated heterocycles. The number of nitrogens with zero attached hydrogens (tertiary/aromatic N) is 2. The van der Waals surface area contributed by atoms with E-state index in [2.05, 4.69) is 47.3 Å². The van der Waals surface area contributed by atoms with Gasteiger partial charge in [0.25, 0.3) is 0 Å². The van der Waals surface area contributed by atoms with Crippen LogP contribution in [-0.4, -0.2) is 56.7 Å². The van der Waals surface area contributed by atoms with E-state index in [-0.39, 0.29) is 42.0 Å². The molecule has 2 unspecified atom stereocenters. The van der Waals surface area contributed by atoms with E-state index in [9.17, 15) is 4.79 Å². The number of aliphatic imine (C=N–C) groups is 1. The number of rotatable bonds is 5. The molecule has 2 atom stereocenters. The summed E-state index contributed by atoms with van der Waals surface area (Å²) in [5, 5.41) is 3.33. The Kier molecular flexibility index (Phi) is 10.1. The number of methoxy groups -OCH3 is 1. The average molecular weight is 489 g/mol. The second-order valence-corrected chi connectivity index (χ2v) is 6.78. The Hall–Kier alpha value is -1.35. The third-order valence-corrected chi connectivity index (χ3v) is 4.59. The van der Waals surface area contributed by atoms with E-state index in [1.54, 1.807) is 0 Å². The number of nitrogens with one attached hydrogen (secondary N) is 1. The fourth-order valence-corrected chi connectivity index (χ4v) is 3.14. The Bertz CT molecular complexity index is 651. The van der Waals surface area contributed by atoms with Crippen LogP contribution in [0.15, 0.2) is 23.2 Å². The molecule has 0 saturated carbocycles. The summed E-state index contributed by atoms with van der Waals surface area (Å²) in [7, 11) is 1.41. The summed E-state index contributed by atoms with van der Waals surface area (Å²) in [6, 6.07) is 6.47. The maximum absolute atomic E-state index is 11.6. The van der Waals surface area contributed by atoms with E-state index in [0.29, 0.717) is 13.2 Å². The van der Waals surface area contributed by atoms with Crippen LogP contribution in [0.3, 0.4) is 0 Å². The lowest BCUT2D eigenvalue weighted by atomic mass is 10.00. The first-order chi connectivity index (χ1) is 12.5. The number of guanidine groups is 1. The summed E-state index contributed by atoms with van der Waals surface area (Å²) in [6.07, 6.45) is 0.0197. The van der Waals surface area contributed by atoms with E-state index in [1.807, 2.05) is 13.8 Å². The van der Waals surface area contributed by atoms with Crippen molar-refractivity contribution in [3.05, 3.63) is 34.9 Å². The zero-order chi connectivity index (χ0) is 19.1. The van der Waals surface area contributed by atoms with E-state index < -0.39 is 0 Å². The Balaban J connectivity index is 0.00000364. The van der Waals surface area contributed by atoms with Gasteiger partial charge >= 0.3 is 5.97 Å². The molecule has 1 aromatic rings. The smallest absolute Gasteiger partial charge is 0.310 e. The molecule has 1 aromatic carbocycles. The summed E-state index contributed by atoms with van der Waals surface area (Å²) in [5.74, 6) is 0.325. The summed E-state index contributed by atoms with van der Waals surface area (Å²) < 4.78 is 10.8. The van der Waals surface area contributed by atoms with E-state index in [1.165, 1.54) is 23.8 Å². The van der Waals surface area contributed by atoms with Gasteiger partial charge in [-0.3, -0.25) is 9.79 Å². The number of carbonyl (C=O) groups excluding carboxylic acids is 1. The lowest BCUT2D eigenvalue weighted by Crippen LogP contribution is -2.48. The SMILES string of the molecule is CCNC(=NCC(C)C(=O)OC)N1CCOC(c2ccc(C)cc2C)C1.I. The number of esters is 1. The second-order valence-electron chi connectivity index (χ2n) is 6.78. The van der Waals surface area contributed by atoms with Crippen LogP contribution in [0.25, 0.3) is 0 Å². The molecule has 0 aromatic heterocycles. The summed E-state index contributed by atoms with van der Waals surface area (Å²) >= 11 is 0. The van der Waals surface area contributed by atoms with Gasteiger partial charge in [0, 0.05) is 13.1 Å².